The minimum absolute atomic E-state index is 0.0111. The summed E-state index contributed by atoms with van der Waals surface area (Å²) >= 11 is 3.42. The van der Waals surface area contributed by atoms with Gasteiger partial charge in [-0.15, -0.1) is 0 Å². The van der Waals surface area contributed by atoms with Crippen molar-refractivity contribution in [3.8, 4) is 0 Å². The molecule has 0 aromatic carbocycles. The molecule has 1 saturated heterocycles. The Balaban J connectivity index is 1.62. The number of carbonyl (C=O) groups excluding carboxylic acids is 1. The van der Waals surface area contributed by atoms with Gasteiger partial charge in [-0.3, -0.25) is 4.98 Å². The quantitative estimate of drug-likeness (QED) is 0.813. The number of anilines is 1. The molecule has 2 aliphatic rings. The third kappa shape index (κ3) is 3.39. The second kappa shape index (κ2) is 6.34. The Morgan fingerprint density at radius 3 is 2.71 bits per heavy atom. The summed E-state index contributed by atoms with van der Waals surface area (Å²) in [7, 11) is 0. The van der Waals surface area contributed by atoms with Crippen LogP contribution in [0.2, 0.25) is 0 Å². The lowest BCUT2D eigenvalue weighted by Gasteiger charge is -2.27. The van der Waals surface area contributed by atoms with E-state index >= 15 is 0 Å². The van der Waals surface area contributed by atoms with Crippen molar-refractivity contribution in [3.05, 3.63) is 22.9 Å². The molecule has 0 bridgehead atoms. The molecule has 1 saturated carbocycles. The summed E-state index contributed by atoms with van der Waals surface area (Å²) in [5.41, 5.74) is 1.32. The molecule has 4 nitrogen and oxygen atoms in total. The van der Waals surface area contributed by atoms with Crippen LogP contribution in [0.1, 0.15) is 44.9 Å². The zero-order chi connectivity index (χ0) is 14.7. The highest BCUT2D eigenvalue weighted by molar-refractivity contribution is 9.10. The first kappa shape index (κ1) is 14.8. The van der Waals surface area contributed by atoms with Gasteiger partial charge in [-0.1, -0.05) is 12.8 Å². The molecular formula is C16H22BrN3O. The average Bonchev–Trinajstić information content (AvgIpc) is 2.82. The Morgan fingerprint density at radius 2 is 1.95 bits per heavy atom. The van der Waals surface area contributed by atoms with Crippen LogP contribution in [0.4, 0.5) is 10.5 Å². The molecule has 5 heteroatoms. The van der Waals surface area contributed by atoms with Crippen LogP contribution in [0.25, 0.3) is 0 Å². The van der Waals surface area contributed by atoms with Gasteiger partial charge in [0.2, 0.25) is 0 Å². The normalized spacial score (nSPS) is 21.3. The Labute approximate surface area is 134 Å². The van der Waals surface area contributed by atoms with Gasteiger partial charge in [-0.05, 0) is 59.5 Å². The Morgan fingerprint density at radius 1 is 1.19 bits per heavy atom. The smallest absolute Gasteiger partial charge is 0.321 e. The maximum absolute atomic E-state index is 12.4. The number of likely N-dealkylation sites (tertiary alicyclic amines) is 1. The van der Waals surface area contributed by atoms with Crippen LogP contribution >= 0.6 is 15.9 Å². The van der Waals surface area contributed by atoms with Gasteiger partial charge in [0, 0.05) is 25.5 Å². The van der Waals surface area contributed by atoms with E-state index in [0.29, 0.717) is 5.41 Å². The molecule has 1 aromatic rings. The molecule has 2 heterocycles. The lowest BCUT2D eigenvalue weighted by Crippen LogP contribution is -2.36. The van der Waals surface area contributed by atoms with Gasteiger partial charge >= 0.3 is 6.03 Å². The number of urea groups is 1. The van der Waals surface area contributed by atoms with E-state index in [1.165, 1.54) is 32.1 Å². The summed E-state index contributed by atoms with van der Waals surface area (Å²) in [4.78, 5) is 18.4. The first-order valence-corrected chi connectivity index (χ1v) is 8.63. The summed E-state index contributed by atoms with van der Waals surface area (Å²) in [6, 6.07) is 1.83. The van der Waals surface area contributed by atoms with E-state index in [0.717, 1.165) is 36.1 Å². The number of hydrogen-bond donors (Lipinski definition) is 1. The number of hydrogen-bond acceptors (Lipinski definition) is 2. The zero-order valence-corrected chi connectivity index (χ0v) is 13.9. The molecule has 0 unspecified atom stereocenters. The lowest BCUT2D eigenvalue weighted by atomic mass is 9.79. The van der Waals surface area contributed by atoms with E-state index in [9.17, 15) is 4.79 Å². The minimum atomic E-state index is 0.0111. The Bertz CT molecular complexity index is 514. The molecule has 0 atom stereocenters. The monoisotopic (exact) mass is 351 g/mol. The van der Waals surface area contributed by atoms with Crippen LogP contribution in [0, 0.1) is 5.41 Å². The summed E-state index contributed by atoms with van der Waals surface area (Å²) < 4.78 is 0.820. The average molecular weight is 352 g/mol. The van der Waals surface area contributed by atoms with E-state index in [1.54, 1.807) is 12.4 Å². The standard InChI is InChI=1S/C16H22BrN3O/c17-13-12-18-9-4-14(13)19-15(21)20-10-3-7-16(8-11-20)5-1-2-6-16/h4,9,12H,1-3,5-8,10-11H2,(H,18,19,21). The highest BCUT2D eigenvalue weighted by Gasteiger charge is 2.36. The van der Waals surface area contributed by atoms with Crippen molar-refractivity contribution >= 4 is 27.6 Å². The third-order valence-corrected chi connectivity index (χ3v) is 5.64. The summed E-state index contributed by atoms with van der Waals surface area (Å²) in [6.07, 6.45) is 12.4. The minimum Gasteiger partial charge on any atom is -0.325 e. The van der Waals surface area contributed by atoms with Gasteiger partial charge in [0.25, 0.3) is 0 Å². The number of amides is 2. The largest absolute Gasteiger partial charge is 0.325 e. The van der Waals surface area contributed by atoms with Crippen molar-refractivity contribution in [2.24, 2.45) is 5.41 Å². The number of nitrogens with one attached hydrogen (secondary N) is 1. The number of carbonyl (C=O) groups is 1. The number of pyridine rings is 1. The summed E-state index contributed by atoms with van der Waals surface area (Å²) in [5.74, 6) is 0. The number of halogens is 1. The fourth-order valence-corrected chi connectivity index (χ4v) is 4.10. The molecule has 2 fully saturated rings. The Hall–Kier alpha value is -1.10. The predicted octanol–water partition coefficient (Wildman–Crippen LogP) is 4.42. The molecule has 114 valence electrons. The number of aromatic nitrogens is 1. The maximum atomic E-state index is 12.4. The molecule has 0 radical (unpaired) electrons. The molecule has 1 spiro atoms. The van der Waals surface area contributed by atoms with Crippen LogP contribution in [0.3, 0.4) is 0 Å². The summed E-state index contributed by atoms with van der Waals surface area (Å²) in [5, 5.41) is 2.99. The molecule has 3 rings (SSSR count). The van der Waals surface area contributed by atoms with Crippen LogP contribution in [-0.4, -0.2) is 29.0 Å². The van der Waals surface area contributed by atoms with Crippen molar-refractivity contribution in [1.82, 2.24) is 9.88 Å². The highest BCUT2D eigenvalue weighted by Crippen LogP contribution is 2.46. The zero-order valence-electron chi connectivity index (χ0n) is 12.3. The lowest BCUT2D eigenvalue weighted by molar-refractivity contribution is 0.207. The molecule has 21 heavy (non-hydrogen) atoms. The predicted molar refractivity (Wildman–Crippen MR) is 87.3 cm³/mol. The van der Waals surface area contributed by atoms with Crippen LogP contribution in [0.15, 0.2) is 22.9 Å². The van der Waals surface area contributed by atoms with E-state index in [1.807, 2.05) is 11.0 Å². The number of rotatable bonds is 1. The van der Waals surface area contributed by atoms with Crippen LogP contribution in [0.5, 0.6) is 0 Å². The van der Waals surface area contributed by atoms with E-state index in [-0.39, 0.29) is 6.03 Å². The fraction of sp³-hybridized carbons (Fsp3) is 0.625. The molecule has 1 N–H and O–H groups in total. The second-order valence-corrected chi connectivity index (χ2v) is 7.19. The van der Waals surface area contributed by atoms with Crippen molar-refractivity contribution in [3.63, 3.8) is 0 Å². The van der Waals surface area contributed by atoms with Crippen LogP contribution in [-0.2, 0) is 0 Å². The van der Waals surface area contributed by atoms with Crippen molar-refractivity contribution < 1.29 is 4.79 Å². The van der Waals surface area contributed by atoms with Crippen molar-refractivity contribution in [1.29, 1.82) is 0 Å². The van der Waals surface area contributed by atoms with Gasteiger partial charge < -0.3 is 10.2 Å². The topological polar surface area (TPSA) is 45.2 Å². The second-order valence-electron chi connectivity index (χ2n) is 6.33. The Kier molecular flexibility index (Phi) is 4.48. The maximum Gasteiger partial charge on any atom is 0.321 e. The summed E-state index contributed by atoms with van der Waals surface area (Å²) in [6.45, 7) is 1.75. The van der Waals surface area contributed by atoms with Crippen LogP contribution < -0.4 is 5.32 Å². The molecular weight excluding hydrogens is 330 g/mol. The van der Waals surface area contributed by atoms with Crippen molar-refractivity contribution in [2.45, 2.75) is 44.9 Å². The van der Waals surface area contributed by atoms with E-state index in [4.69, 9.17) is 0 Å². The van der Waals surface area contributed by atoms with Gasteiger partial charge in [0.15, 0.2) is 0 Å². The first-order valence-electron chi connectivity index (χ1n) is 7.84. The SMILES string of the molecule is O=C(Nc1ccncc1Br)N1CCCC2(CCCC2)CC1. The van der Waals surface area contributed by atoms with Crippen molar-refractivity contribution in [2.75, 3.05) is 18.4 Å². The molecule has 1 aliphatic carbocycles. The molecule has 2 amide bonds. The van der Waals surface area contributed by atoms with Gasteiger partial charge in [-0.25, -0.2) is 4.79 Å². The van der Waals surface area contributed by atoms with Gasteiger partial charge in [0.05, 0.1) is 10.2 Å². The third-order valence-electron chi connectivity index (χ3n) is 5.01. The van der Waals surface area contributed by atoms with E-state index in [2.05, 4.69) is 26.2 Å². The highest BCUT2D eigenvalue weighted by atomic mass is 79.9. The first-order chi connectivity index (χ1) is 10.2. The fourth-order valence-electron chi connectivity index (χ4n) is 3.75. The molecule has 1 aliphatic heterocycles. The van der Waals surface area contributed by atoms with E-state index < -0.39 is 0 Å². The van der Waals surface area contributed by atoms with Gasteiger partial charge in [-0.2, -0.15) is 0 Å². The van der Waals surface area contributed by atoms with Gasteiger partial charge in [0.1, 0.15) is 0 Å². The molecule has 1 aromatic heterocycles. The number of nitrogens with zero attached hydrogens (tertiary/aromatic N) is 2.